The molecule has 0 aliphatic carbocycles. The largest absolute Gasteiger partial charge is 0.475 e. The zero-order valence-electron chi connectivity index (χ0n) is 10.6. The molecule has 0 bridgehead atoms. The van der Waals surface area contributed by atoms with Crippen LogP contribution in [0.1, 0.15) is 19.4 Å². The standard InChI is InChI=1S/C13H18N2O3/c1-10(2)14-8-12(17)9-18-13-4-3-11(5-6-16)7-15-13/h3-5,7,10,12,14,17H,8-9H2,1-2H3. The smallest absolute Gasteiger partial charge is 0.213 e. The Kier molecular flexibility index (Phi) is 6.08. The van der Waals surface area contributed by atoms with Crippen LogP contribution in [0.3, 0.4) is 0 Å². The molecule has 2 N–H and O–H groups in total. The summed E-state index contributed by atoms with van der Waals surface area (Å²) in [6, 6.07) is 3.67. The Morgan fingerprint density at radius 1 is 1.56 bits per heavy atom. The second kappa shape index (κ2) is 7.61. The fourth-order valence-corrected chi connectivity index (χ4v) is 1.24. The van der Waals surface area contributed by atoms with Crippen molar-refractivity contribution in [2.75, 3.05) is 13.2 Å². The summed E-state index contributed by atoms with van der Waals surface area (Å²) in [7, 11) is 0. The Balaban J connectivity index is 2.36. The van der Waals surface area contributed by atoms with Crippen molar-refractivity contribution in [2.24, 2.45) is 0 Å². The van der Waals surface area contributed by atoms with Crippen LogP contribution in [-0.4, -0.2) is 41.3 Å². The van der Waals surface area contributed by atoms with Gasteiger partial charge in [0.25, 0.3) is 0 Å². The topological polar surface area (TPSA) is 71.4 Å². The number of carbonyl (C=O) groups excluding carboxylic acids is 1. The number of aromatic nitrogens is 1. The van der Waals surface area contributed by atoms with E-state index in [0.717, 1.165) is 0 Å². The zero-order valence-corrected chi connectivity index (χ0v) is 10.6. The fraction of sp³-hybridized carbons (Fsp3) is 0.462. The molecule has 0 aliphatic heterocycles. The highest BCUT2D eigenvalue weighted by atomic mass is 16.5. The van der Waals surface area contributed by atoms with E-state index in [9.17, 15) is 9.90 Å². The second-order valence-electron chi connectivity index (χ2n) is 4.22. The summed E-state index contributed by atoms with van der Waals surface area (Å²) in [4.78, 5) is 14.1. The van der Waals surface area contributed by atoms with Crippen LogP contribution >= 0.6 is 0 Å². The quantitative estimate of drug-likeness (QED) is 0.696. The van der Waals surface area contributed by atoms with Crippen LogP contribution in [0.4, 0.5) is 0 Å². The van der Waals surface area contributed by atoms with Gasteiger partial charge in [0.2, 0.25) is 5.88 Å². The molecule has 1 rings (SSSR count). The molecule has 18 heavy (non-hydrogen) atoms. The molecule has 1 aromatic rings. The van der Waals surface area contributed by atoms with E-state index in [1.54, 1.807) is 18.1 Å². The van der Waals surface area contributed by atoms with Gasteiger partial charge in [-0.15, -0.1) is 0 Å². The van der Waals surface area contributed by atoms with Crippen molar-refractivity contribution in [3.8, 4) is 5.88 Å². The number of pyridine rings is 1. The lowest BCUT2D eigenvalue weighted by Gasteiger charge is -2.14. The van der Waals surface area contributed by atoms with Gasteiger partial charge < -0.3 is 15.2 Å². The molecule has 0 aliphatic rings. The Bertz CT molecular complexity index is 397. The normalized spacial score (nSPS) is 12.0. The Labute approximate surface area is 107 Å². The molecule has 98 valence electrons. The minimum atomic E-state index is -0.580. The number of aliphatic hydroxyl groups excluding tert-OH is 1. The van der Waals surface area contributed by atoms with E-state index in [-0.39, 0.29) is 6.61 Å². The van der Waals surface area contributed by atoms with Crippen LogP contribution < -0.4 is 10.1 Å². The molecule has 0 saturated carbocycles. The van der Waals surface area contributed by atoms with Crippen LogP contribution in [0.15, 0.2) is 18.3 Å². The van der Waals surface area contributed by atoms with E-state index in [1.807, 2.05) is 13.8 Å². The first-order valence-electron chi connectivity index (χ1n) is 5.83. The average molecular weight is 250 g/mol. The maximum atomic E-state index is 10.1. The van der Waals surface area contributed by atoms with Crippen molar-refractivity contribution in [3.63, 3.8) is 0 Å². The number of hydrogen-bond donors (Lipinski definition) is 2. The van der Waals surface area contributed by atoms with Crippen molar-refractivity contribution in [3.05, 3.63) is 23.9 Å². The molecule has 0 fully saturated rings. The van der Waals surface area contributed by atoms with Gasteiger partial charge in [0.1, 0.15) is 18.7 Å². The maximum absolute atomic E-state index is 10.1. The van der Waals surface area contributed by atoms with Gasteiger partial charge in [-0.05, 0) is 6.07 Å². The predicted molar refractivity (Wildman–Crippen MR) is 69.0 cm³/mol. The zero-order chi connectivity index (χ0) is 13.4. The van der Waals surface area contributed by atoms with Gasteiger partial charge in [-0.2, -0.15) is 0 Å². The van der Waals surface area contributed by atoms with Crippen molar-refractivity contribution in [1.29, 1.82) is 0 Å². The van der Waals surface area contributed by atoms with Gasteiger partial charge >= 0.3 is 0 Å². The summed E-state index contributed by atoms with van der Waals surface area (Å²) in [5.74, 6) is 2.10. The molecule has 1 atom stereocenters. The third kappa shape index (κ3) is 5.59. The number of nitrogens with zero attached hydrogens (tertiary/aromatic N) is 1. The molecule has 1 heterocycles. The highest BCUT2D eigenvalue weighted by Crippen LogP contribution is 2.08. The molecular formula is C13H18N2O3. The lowest BCUT2D eigenvalue weighted by atomic mass is 10.3. The number of nitrogens with one attached hydrogen (secondary N) is 1. The van der Waals surface area contributed by atoms with Crippen LogP contribution in [0.25, 0.3) is 6.08 Å². The van der Waals surface area contributed by atoms with Crippen molar-refractivity contribution < 1.29 is 14.6 Å². The lowest BCUT2D eigenvalue weighted by Crippen LogP contribution is -2.35. The summed E-state index contributed by atoms with van der Waals surface area (Å²) in [5.41, 5.74) is 0.666. The van der Waals surface area contributed by atoms with Crippen molar-refractivity contribution in [1.82, 2.24) is 10.3 Å². The van der Waals surface area contributed by atoms with Gasteiger partial charge in [0.15, 0.2) is 0 Å². The van der Waals surface area contributed by atoms with Crippen LogP contribution in [-0.2, 0) is 4.79 Å². The van der Waals surface area contributed by atoms with Crippen LogP contribution in [0.2, 0.25) is 0 Å². The van der Waals surface area contributed by atoms with E-state index in [0.29, 0.717) is 24.0 Å². The molecule has 0 amide bonds. The Hall–Kier alpha value is -1.68. The summed E-state index contributed by atoms with van der Waals surface area (Å²) in [5, 5.41) is 12.7. The summed E-state index contributed by atoms with van der Waals surface area (Å²) < 4.78 is 5.32. The number of ether oxygens (including phenoxy) is 1. The van der Waals surface area contributed by atoms with Crippen LogP contribution in [0, 0.1) is 0 Å². The molecule has 5 heteroatoms. The highest BCUT2D eigenvalue weighted by molar-refractivity contribution is 5.74. The van der Waals surface area contributed by atoms with Crippen molar-refractivity contribution >= 4 is 12.0 Å². The minimum absolute atomic E-state index is 0.176. The summed E-state index contributed by atoms with van der Waals surface area (Å²) in [6.45, 7) is 4.67. The molecular weight excluding hydrogens is 232 g/mol. The third-order valence-corrected chi connectivity index (χ3v) is 2.17. The molecule has 0 spiro atoms. The highest BCUT2D eigenvalue weighted by Gasteiger charge is 2.06. The number of rotatable bonds is 7. The van der Waals surface area contributed by atoms with Gasteiger partial charge in [-0.1, -0.05) is 13.8 Å². The van der Waals surface area contributed by atoms with E-state index in [4.69, 9.17) is 4.74 Å². The predicted octanol–water partition coefficient (Wildman–Crippen LogP) is 0.664. The maximum Gasteiger partial charge on any atom is 0.213 e. The first-order valence-corrected chi connectivity index (χ1v) is 5.83. The van der Waals surface area contributed by atoms with E-state index in [1.165, 1.54) is 12.3 Å². The first kappa shape index (κ1) is 14.4. The Morgan fingerprint density at radius 3 is 2.89 bits per heavy atom. The third-order valence-electron chi connectivity index (χ3n) is 2.17. The average Bonchev–Trinajstić information content (AvgIpc) is 2.36. The Morgan fingerprint density at radius 2 is 2.33 bits per heavy atom. The first-order chi connectivity index (χ1) is 8.61. The second-order valence-corrected chi connectivity index (χ2v) is 4.22. The number of hydrogen-bond acceptors (Lipinski definition) is 5. The molecule has 0 radical (unpaired) electrons. The van der Waals surface area contributed by atoms with E-state index >= 15 is 0 Å². The van der Waals surface area contributed by atoms with Crippen LogP contribution in [0.5, 0.6) is 5.88 Å². The van der Waals surface area contributed by atoms with E-state index < -0.39 is 6.10 Å². The van der Waals surface area contributed by atoms with E-state index in [2.05, 4.69) is 10.3 Å². The van der Waals surface area contributed by atoms with Gasteiger partial charge in [0.05, 0.1) is 0 Å². The van der Waals surface area contributed by atoms with Gasteiger partial charge in [-0.3, -0.25) is 0 Å². The summed E-state index contributed by atoms with van der Waals surface area (Å²) >= 11 is 0. The number of aliphatic hydroxyl groups is 1. The lowest BCUT2D eigenvalue weighted by molar-refractivity contribution is 0.102. The van der Waals surface area contributed by atoms with Gasteiger partial charge in [-0.25, -0.2) is 9.78 Å². The summed E-state index contributed by atoms with van der Waals surface area (Å²) in [6.07, 6.45) is 2.22. The monoisotopic (exact) mass is 250 g/mol. The fourth-order valence-electron chi connectivity index (χ4n) is 1.24. The molecule has 5 nitrogen and oxygen atoms in total. The molecule has 1 unspecified atom stereocenters. The van der Waals surface area contributed by atoms with Gasteiger partial charge in [0, 0.05) is 36.5 Å². The molecule has 1 aromatic heterocycles. The molecule has 0 aromatic carbocycles. The van der Waals surface area contributed by atoms with Crippen molar-refractivity contribution in [2.45, 2.75) is 26.0 Å². The molecule has 0 saturated heterocycles. The SMILES string of the molecule is CC(C)NCC(O)COc1ccc(C=C=O)cn1. The minimum Gasteiger partial charge on any atom is -0.475 e.